The van der Waals surface area contributed by atoms with Crippen LogP contribution in [-0.2, 0) is 17.3 Å². The van der Waals surface area contributed by atoms with Crippen molar-refractivity contribution in [1.82, 2.24) is 0 Å². The lowest BCUT2D eigenvalue weighted by Crippen LogP contribution is -2.36. The van der Waals surface area contributed by atoms with Crippen LogP contribution in [0.4, 0.5) is 18.9 Å². The van der Waals surface area contributed by atoms with Gasteiger partial charge in [-0.1, -0.05) is 13.0 Å². The number of hydrogen-bond donors (Lipinski definition) is 0. The highest BCUT2D eigenvalue weighted by Crippen LogP contribution is 2.35. The SMILES string of the molecule is CCc1ccc(N2CCOCC2)cc1C(F)(F)F. The lowest BCUT2D eigenvalue weighted by molar-refractivity contribution is -0.138. The number of rotatable bonds is 2. The smallest absolute Gasteiger partial charge is 0.378 e. The second-order valence-corrected chi connectivity index (χ2v) is 4.29. The number of aryl methyl sites for hydroxylation is 1. The Morgan fingerprint density at radius 1 is 1.22 bits per heavy atom. The molecule has 0 aromatic heterocycles. The van der Waals surface area contributed by atoms with Crippen molar-refractivity contribution < 1.29 is 17.9 Å². The lowest BCUT2D eigenvalue weighted by Gasteiger charge is -2.29. The molecule has 18 heavy (non-hydrogen) atoms. The molecule has 1 aliphatic heterocycles. The number of ether oxygens (including phenoxy) is 1. The van der Waals surface area contributed by atoms with Crippen LogP contribution in [0.1, 0.15) is 18.1 Å². The molecule has 0 atom stereocenters. The van der Waals surface area contributed by atoms with Crippen LogP contribution in [0.5, 0.6) is 0 Å². The third-order valence-corrected chi connectivity index (χ3v) is 3.16. The molecule has 2 nitrogen and oxygen atoms in total. The summed E-state index contributed by atoms with van der Waals surface area (Å²) < 4.78 is 44.0. The minimum Gasteiger partial charge on any atom is -0.378 e. The number of alkyl halides is 3. The normalized spacial score (nSPS) is 17.0. The highest BCUT2D eigenvalue weighted by Gasteiger charge is 2.33. The molecule has 1 fully saturated rings. The van der Waals surface area contributed by atoms with E-state index in [0.717, 1.165) is 0 Å². The molecule has 0 aliphatic carbocycles. The predicted octanol–water partition coefficient (Wildman–Crippen LogP) is 3.10. The first-order valence-corrected chi connectivity index (χ1v) is 6.05. The van der Waals surface area contributed by atoms with Gasteiger partial charge in [-0.15, -0.1) is 0 Å². The summed E-state index contributed by atoms with van der Waals surface area (Å²) in [6.07, 6.45) is -3.90. The summed E-state index contributed by atoms with van der Waals surface area (Å²) in [5, 5.41) is 0. The minimum atomic E-state index is -4.28. The van der Waals surface area contributed by atoms with E-state index in [9.17, 15) is 13.2 Å². The van der Waals surface area contributed by atoms with E-state index in [2.05, 4.69) is 0 Å². The van der Waals surface area contributed by atoms with Gasteiger partial charge < -0.3 is 9.64 Å². The van der Waals surface area contributed by atoms with Crippen molar-refractivity contribution in [2.45, 2.75) is 19.5 Å². The summed E-state index contributed by atoms with van der Waals surface area (Å²) in [7, 11) is 0. The van der Waals surface area contributed by atoms with Crippen molar-refractivity contribution in [3.8, 4) is 0 Å². The molecule has 5 heteroatoms. The molecule has 1 aromatic rings. The minimum absolute atomic E-state index is 0.347. The topological polar surface area (TPSA) is 12.5 Å². The highest BCUT2D eigenvalue weighted by atomic mass is 19.4. The largest absolute Gasteiger partial charge is 0.416 e. The lowest BCUT2D eigenvalue weighted by atomic mass is 10.0. The van der Waals surface area contributed by atoms with Crippen LogP contribution >= 0.6 is 0 Å². The highest BCUT2D eigenvalue weighted by molar-refractivity contribution is 5.52. The third kappa shape index (κ3) is 2.77. The van der Waals surface area contributed by atoms with Gasteiger partial charge in [0, 0.05) is 18.8 Å². The van der Waals surface area contributed by atoms with Crippen molar-refractivity contribution in [3.05, 3.63) is 29.3 Å². The van der Waals surface area contributed by atoms with E-state index in [1.54, 1.807) is 19.1 Å². The first kappa shape index (κ1) is 13.2. The quantitative estimate of drug-likeness (QED) is 0.809. The van der Waals surface area contributed by atoms with Gasteiger partial charge in [-0.05, 0) is 24.1 Å². The first-order valence-electron chi connectivity index (χ1n) is 6.05. The summed E-state index contributed by atoms with van der Waals surface area (Å²) in [6.45, 7) is 4.15. The fraction of sp³-hybridized carbons (Fsp3) is 0.538. The maximum absolute atomic E-state index is 12.9. The molecular formula is C13H16F3NO. The van der Waals surface area contributed by atoms with Crippen LogP contribution in [0.15, 0.2) is 18.2 Å². The van der Waals surface area contributed by atoms with Gasteiger partial charge in [0.25, 0.3) is 0 Å². The first-order chi connectivity index (χ1) is 8.52. The molecule has 0 saturated carbocycles. The molecule has 0 radical (unpaired) electrons. The van der Waals surface area contributed by atoms with E-state index < -0.39 is 11.7 Å². The van der Waals surface area contributed by atoms with Crippen LogP contribution in [0.25, 0.3) is 0 Å². The standard InChI is InChI=1S/C13H16F3NO/c1-2-10-3-4-11(9-12(10)13(14,15)16)17-5-7-18-8-6-17/h3-4,9H,2,5-8H2,1H3. The second-order valence-electron chi connectivity index (χ2n) is 4.29. The van der Waals surface area contributed by atoms with Crippen LogP contribution in [-0.4, -0.2) is 26.3 Å². The van der Waals surface area contributed by atoms with E-state index >= 15 is 0 Å². The molecule has 2 rings (SSSR count). The van der Waals surface area contributed by atoms with Crippen molar-refractivity contribution in [2.24, 2.45) is 0 Å². The fourth-order valence-electron chi connectivity index (χ4n) is 2.15. The van der Waals surface area contributed by atoms with Crippen LogP contribution in [0, 0.1) is 0 Å². The summed E-state index contributed by atoms with van der Waals surface area (Å²) >= 11 is 0. The maximum Gasteiger partial charge on any atom is 0.416 e. The zero-order valence-electron chi connectivity index (χ0n) is 10.3. The van der Waals surface area contributed by atoms with Gasteiger partial charge in [0.2, 0.25) is 0 Å². The van der Waals surface area contributed by atoms with Gasteiger partial charge in [-0.2, -0.15) is 13.2 Å². The molecule has 0 bridgehead atoms. The maximum atomic E-state index is 12.9. The van der Waals surface area contributed by atoms with E-state index in [4.69, 9.17) is 4.74 Å². The summed E-state index contributed by atoms with van der Waals surface area (Å²) in [5.41, 5.74) is 0.455. The number of anilines is 1. The Labute approximate surface area is 104 Å². The summed E-state index contributed by atoms with van der Waals surface area (Å²) in [5.74, 6) is 0. The number of nitrogens with zero attached hydrogens (tertiary/aromatic N) is 1. The van der Waals surface area contributed by atoms with Gasteiger partial charge in [0.05, 0.1) is 18.8 Å². The Kier molecular flexibility index (Phi) is 3.80. The van der Waals surface area contributed by atoms with Gasteiger partial charge in [-0.25, -0.2) is 0 Å². The molecule has 0 amide bonds. The third-order valence-electron chi connectivity index (χ3n) is 3.16. The average Bonchev–Trinajstić information content (AvgIpc) is 2.38. The Hall–Kier alpha value is -1.23. The van der Waals surface area contributed by atoms with E-state index in [-0.39, 0.29) is 0 Å². The van der Waals surface area contributed by atoms with Crippen LogP contribution in [0.2, 0.25) is 0 Å². The Morgan fingerprint density at radius 3 is 2.44 bits per heavy atom. The predicted molar refractivity (Wildman–Crippen MR) is 63.9 cm³/mol. The van der Waals surface area contributed by atoms with E-state index in [1.807, 2.05) is 4.90 Å². The van der Waals surface area contributed by atoms with Crippen molar-refractivity contribution in [1.29, 1.82) is 0 Å². The van der Waals surface area contributed by atoms with Crippen LogP contribution in [0.3, 0.4) is 0 Å². The van der Waals surface area contributed by atoms with Gasteiger partial charge in [0.15, 0.2) is 0 Å². The molecule has 1 aliphatic rings. The molecule has 1 heterocycles. The number of hydrogen-bond acceptors (Lipinski definition) is 2. The zero-order valence-corrected chi connectivity index (χ0v) is 10.3. The van der Waals surface area contributed by atoms with Gasteiger partial charge >= 0.3 is 6.18 Å². The van der Waals surface area contributed by atoms with E-state index in [1.165, 1.54) is 6.07 Å². The Balaban J connectivity index is 2.33. The van der Waals surface area contributed by atoms with Crippen molar-refractivity contribution >= 4 is 5.69 Å². The molecule has 0 unspecified atom stereocenters. The van der Waals surface area contributed by atoms with Crippen molar-refractivity contribution in [3.63, 3.8) is 0 Å². The average molecular weight is 259 g/mol. The number of benzene rings is 1. The molecule has 1 aromatic carbocycles. The van der Waals surface area contributed by atoms with E-state index in [0.29, 0.717) is 44.0 Å². The molecule has 0 N–H and O–H groups in total. The van der Waals surface area contributed by atoms with Crippen LogP contribution < -0.4 is 4.90 Å². The monoisotopic (exact) mass is 259 g/mol. The number of morpholine rings is 1. The van der Waals surface area contributed by atoms with Crippen molar-refractivity contribution in [2.75, 3.05) is 31.2 Å². The molecular weight excluding hydrogens is 243 g/mol. The molecule has 100 valence electrons. The summed E-state index contributed by atoms with van der Waals surface area (Å²) in [6, 6.07) is 4.59. The Morgan fingerprint density at radius 2 is 1.89 bits per heavy atom. The fourth-order valence-corrected chi connectivity index (χ4v) is 2.15. The van der Waals surface area contributed by atoms with Gasteiger partial charge in [0.1, 0.15) is 0 Å². The van der Waals surface area contributed by atoms with Gasteiger partial charge in [-0.3, -0.25) is 0 Å². The number of halogens is 3. The molecule has 0 spiro atoms. The molecule has 1 saturated heterocycles. The second kappa shape index (κ2) is 5.18. The zero-order chi connectivity index (χ0) is 13.2. The Bertz CT molecular complexity index is 411. The summed E-state index contributed by atoms with van der Waals surface area (Å²) in [4.78, 5) is 1.93.